The van der Waals surface area contributed by atoms with Crippen LogP contribution in [0.25, 0.3) is 42.6 Å². The second-order valence-electron chi connectivity index (χ2n) is 16.3. The molecule has 4 nitrogen and oxygen atoms in total. The van der Waals surface area contributed by atoms with E-state index in [2.05, 4.69) is 121 Å². The summed E-state index contributed by atoms with van der Waals surface area (Å²) in [6, 6.07) is 34.0. The summed E-state index contributed by atoms with van der Waals surface area (Å²) in [4.78, 5) is 10.2. The van der Waals surface area contributed by atoms with Gasteiger partial charge < -0.3 is 14.9 Å². The van der Waals surface area contributed by atoms with Crippen LogP contribution in [-0.2, 0) is 31.9 Å². The van der Waals surface area contributed by atoms with Gasteiger partial charge in [0.15, 0.2) is 0 Å². The van der Waals surface area contributed by atoms with E-state index in [9.17, 15) is 5.11 Å². The fourth-order valence-electron chi connectivity index (χ4n) is 6.67. The van der Waals surface area contributed by atoms with Crippen molar-refractivity contribution in [3.63, 3.8) is 0 Å². The summed E-state index contributed by atoms with van der Waals surface area (Å²) in [5.41, 5.74) is 10.0. The molecule has 2 aromatic heterocycles. The van der Waals surface area contributed by atoms with Gasteiger partial charge in [-0.05, 0) is 71.5 Å². The maximum absolute atomic E-state index is 9.78. The third-order valence-electron chi connectivity index (χ3n) is 9.34. The minimum absolute atomic E-state index is 0. The van der Waals surface area contributed by atoms with Crippen molar-refractivity contribution in [1.29, 1.82) is 0 Å². The van der Waals surface area contributed by atoms with Crippen molar-refractivity contribution in [3.8, 4) is 21.7 Å². The van der Waals surface area contributed by atoms with Crippen LogP contribution in [0.2, 0.25) is 0 Å². The number of allylic oxidation sites excluding steroid dienone is 1. The SMILES string of the molecule is CC(C)/C(O)=C/N1[CH-]N(C)c2ccccc21.Cc1c(-c2ccc(CC(C)(C)C)cc2)sc2c(-c3[c-]c4ccccc4c(C(C)(C)C)c3)nccc12.[Ir]. The van der Waals surface area contributed by atoms with Gasteiger partial charge in [0.05, 0.1) is 0 Å². The summed E-state index contributed by atoms with van der Waals surface area (Å²) >= 11 is 1.85. The van der Waals surface area contributed by atoms with Crippen LogP contribution in [0.4, 0.5) is 11.4 Å². The van der Waals surface area contributed by atoms with Crippen molar-refractivity contribution in [2.45, 2.75) is 74.1 Å². The second kappa shape index (κ2) is 15.6. The summed E-state index contributed by atoms with van der Waals surface area (Å²) in [6.07, 6.45) is 4.81. The van der Waals surface area contributed by atoms with Crippen LogP contribution in [0.5, 0.6) is 0 Å². The molecular weight excluding hydrogens is 835 g/mol. The predicted molar refractivity (Wildman–Crippen MR) is 221 cm³/mol. The number of pyridine rings is 1. The molecule has 0 spiro atoms. The number of para-hydroxylation sites is 2. The summed E-state index contributed by atoms with van der Waals surface area (Å²) in [5, 5.41) is 13.5. The van der Waals surface area contributed by atoms with Gasteiger partial charge >= 0.3 is 0 Å². The summed E-state index contributed by atoms with van der Waals surface area (Å²) in [7, 11) is 2.00. The molecule has 6 aromatic rings. The van der Waals surface area contributed by atoms with Crippen molar-refractivity contribution in [3.05, 3.63) is 133 Å². The molecular formula is C46H51IrN3OS-2. The van der Waals surface area contributed by atoms with E-state index in [-0.39, 0.29) is 36.9 Å². The Balaban J connectivity index is 0.000000258. The number of aliphatic hydroxyl groups excluding tert-OH is 1. The van der Waals surface area contributed by atoms with Crippen LogP contribution < -0.4 is 9.80 Å². The molecule has 6 heteroatoms. The maximum atomic E-state index is 9.78. The number of benzene rings is 4. The molecule has 1 N–H and O–H groups in total. The zero-order valence-electron chi connectivity index (χ0n) is 32.1. The van der Waals surface area contributed by atoms with Crippen molar-refractivity contribution < 1.29 is 25.2 Å². The van der Waals surface area contributed by atoms with Gasteiger partial charge in [-0.1, -0.05) is 121 Å². The molecule has 0 aliphatic carbocycles. The normalized spacial score (nSPS) is 13.3. The van der Waals surface area contributed by atoms with Crippen molar-refractivity contribution in [1.82, 2.24) is 4.98 Å². The van der Waals surface area contributed by atoms with E-state index in [1.54, 1.807) is 6.20 Å². The smallest absolute Gasteiger partial charge is 0.108 e. The number of thiophene rings is 1. The minimum Gasteiger partial charge on any atom is -0.511 e. The Labute approximate surface area is 328 Å². The summed E-state index contributed by atoms with van der Waals surface area (Å²) < 4.78 is 1.24. The predicted octanol–water partition coefficient (Wildman–Crippen LogP) is 12.9. The average Bonchev–Trinajstić information content (AvgIpc) is 3.59. The first kappa shape index (κ1) is 39.3. The quantitative estimate of drug-likeness (QED) is 0.138. The molecule has 0 unspecified atom stereocenters. The van der Waals surface area contributed by atoms with Gasteiger partial charge in [-0.2, -0.15) is 6.67 Å². The third-order valence-corrected chi connectivity index (χ3v) is 10.7. The van der Waals surface area contributed by atoms with E-state index in [1.165, 1.54) is 42.6 Å². The number of aliphatic hydroxyl groups is 1. The van der Waals surface area contributed by atoms with Gasteiger partial charge in [-0.3, -0.25) is 4.98 Å². The molecule has 1 aliphatic heterocycles. The first-order chi connectivity index (χ1) is 24.1. The fraction of sp³-hybridized carbons (Fsp3) is 0.304. The molecule has 0 bridgehead atoms. The van der Waals surface area contributed by atoms with E-state index in [0.29, 0.717) is 5.76 Å². The Morgan fingerprint density at radius 2 is 1.56 bits per heavy atom. The van der Waals surface area contributed by atoms with Crippen molar-refractivity contribution >= 4 is 43.6 Å². The number of hydrogen-bond acceptors (Lipinski definition) is 5. The Bertz CT molecular complexity index is 2200. The monoisotopic (exact) mass is 886 g/mol. The first-order valence-electron chi connectivity index (χ1n) is 17.9. The zero-order valence-corrected chi connectivity index (χ0v) is 35.3. The Morgan fingerprint density at radius 3 is 2.21 bits per heavy atom. The summed E-state index contributed by atoms with van der Waals surface area (Å²) in [5.74, 6) is 0.535. The number of fused-ring (bicyclic) bond motifs is 3. The van der Waals surface area contributed by atoms with Crippen molar-refractivity contribution in [2.75, 3.05) is 16.8 Å². The molecule has 7 rings (SSSR count). The topological polar surface area (TPSA) is 39.6 Å². The van der Waals surface area contributed by atoms with Gasteiger partial charge in [-0.25, -0.2) is 0 Å². The molecule has 0 saturated heterocycles. The van der Waals surface area contributed by atoms with Gasteiger partial charge in [-0.15, -0.1) is 40.5 Å². The van der Waals surface area contributed by atoms with Gasteiger partial charge in [0, 0.05) is 65.1 Å². The molecule has 3 heterocycles. The molecule has 0 atom stereocenters. The molecule has 1 radical (unpaired) electrons. The van der Waals surface area contributed by atoms with Gasteiger partial charge in [0.25, 0.3) is 0 Å². The largest absolute Gasteiger partial charge is 0.511 e. The van der Waals surface area contributed by atoms with E-state index >= 15 is 0 Å². The van der Waals surface area contributed by atoms with E-state index in [1.807, 2.05) is 73.1 Å². The standard InChI is InChI=1S/C33H34NS.C13H17N2O.Ir/c1-21-26-16-17-34-29(25-18-24-10-8-9-11-27(24)28(19-25)33(5,6)7)31(26)35-30(21)23-14-12-22(13-15-23)20-32(2,3)4;1-10(2)13(16)8-15-9-14(3)11-6-4-5-7-12(11)15;/h8-17,19H,20H2,1-7H3;4-10,16H,1-3H3;/q2*-1;/b;13-8-;. The molecule has 0 amide bonds. The fourth-order valence-corrected chi connectivity index (χ4v) is 7.98. The molecule has 1 aliphatic rings. The zero-order chi connectivity index (χ0) is 36.7. The van der Waals surface area contributed by atoms with Crippen LogP contribution in [-0.4, -0.2) is 17.1 Å². The van der Waals surface area contributed by atoms with Crippen LogP contribution in [0, 0.1) is 31.0 Å². The summed E-state index contributed by atoms with van der Waals surface area (Å²) in [6.45, 7) is 21.9. The average molecular weight is 886 g/mol. The van der Waals surface area contributed by atoms with Crippen LogP contribution in [0.1, 0.15) is 72.1 Å². The number of aryl methyl sites for hydroxylation is 1. The number of rotatable bonds is 5. The van der Waals surface area contributed by atoms with E-state index in [4.69, 9.17) is 4.98 Å². The van der Waals surface area contributed by atoms with E-state index < -0.39 is 0 Å². The number of anilines is 2. The number of aromatic nitrogens is 1. The third kappa shape index (κ3) is 8.46. The van der Waals surface area contributed by atoms with Gasteiger partial charge in [0.2, 0.25) is 0 Å². The molecule has 0 fully saturated rings. The molecule has 273 valence electrons. The first-order valence-corrected chi connectivity index (χ1v) is 18.7. The Kier molecular flexibility index (Phi) is 11.7. The Hall–Kier alpha value is -3.96. The maximum Gasteiger partial charge on any atom is 0.108 e. The molecule has 52 heavy (non-hydrogen) atoms. The number of nitrogens with zero attached hydrogens (tertiary/aromatic N) is 3. The Morgan fingerprint density at radius 1 is 0.904 bits per heavy atom. The van der Waals surface area contributed by atoms with E-state index in [0.717, 1.165) is 34.4 Å². The van der Waals surface area contributed by atoms with Crippen molar-refractivity contribution in [2.24, 2.45) is 11.3 Å². The van der Waals surface area contributed by atoms with Gasteiger partial charge in [0.1, 0.15) is 5.76 Å². The van der Waals surface area contributed by atoms with Crippen LogP contribution >= 0.6 is 11.3 Å². The number of hydrogen-bond donors (Lipinski definition) is 1. The van der Waals surface area contributed by atoms with Crippen LogP contribution in [0.3, 0.4) is 0 Å². The second-order valence-corrected chi connectivity index (χ2v) is 17.3. The van der Waals surface area contributed by atoms with Crippen LogP contribution in [0.15, 0.2) is 103 Å². The molecule has 0 saturated carbocycles. The molecule has 4 aromatic carbocycles. The minimum atomic E-state index is 0.